The summed E-state index contributed by atoms with van der Waals surface area (Å²) < 4.78 is 11.4. The molecule has 0 aromatic carbocycles. The number of hydrogen-bond acceptors (Lipinski definition) is 3. The Hall–Kier alpha value is -0.570. The molecule has 17 heavy (non-hydrogen) atoms. The number of rotatable bonds is 3. The molecule has 3 nitrogen and oxygen atoms in total. The van der Waals surface area contributed by atoms with Crippen molar-refractivity contribution < 1.29 is 14.3 Å². The SMILES string of the molecule is CC(=O)OC1CCC(OC2CCCCC2)CC1. The van der Waals surface area contributed by atoms with E-state index in [-0.39, 0.29) is 12.1 Å². The highest BCUT2D eigenvalue weighted by Gasteiger charge is 2.26. The number of carbonyl (C=O) groups is 1. The molecule has 2 aliphatic rings. The Morgan fingerprint density at radius 3 is 1.94 bits per heavy atom. The molecule has 0 N–H and O–H groups in total. The summed E-state index contributed by atoms with van der Waals surface area (Å²) >= 11 is 0. The van der Waals surface area contributed by atoms with Crippen LogP contribution in [0.5, 0.6) is 0 Å². The Balaban J connectivity index is 1.66. The molecule has 2 aliphatic carbocycles. The molecule has 0 unspecified atom stereocenters. The molecular formula is C14H24O3. The van der Waals surface area contributed by atoms with Gasteiger partial charge in [-0.2, -0.15) is 0 Å². The van der Waals surface area contributed by atoms with Crippen molar-refractivity contribution in [3.05, 3.63) is 0 Å². The molecule has 3 heteroatoms. The van der Waals surface area contributed by atoms with Crippen LogP contribution in [0.1, 0.15) is 64.7 Å². The Bertz CT molecular complexity index is 238. The molecule has 2 saturated carbocycles. The number of esters is 1. The maximum absolute atomic E-state index is 10.9. The largest absolute Gasteiger partial charge is 0.463 e. The van der Waals surface area contributed by atoms with Crippen LogP contribution in [0.2, 0.25) is 0 Å². The van der Waals surface area contributed by atoms with Gasteiger partial charge in [0.2, 0.25) is 0 Å². The maximum Gasteiger partial charge on any atom is 0.302 e. The molecule has 0 aliphatic heterocycles. The van der Waals surface area contributed by atoms with Gasteiger partial charge in [-0.05, 0) is 38.5 Å². The first-order valence-electron chi connectivity index (χ1n) is 7.06. The second kappa shape index (κ2) is 6.39. The van der Waals surface area contributed by atoms with E-state index in [4.69, 9.17) is 9.47 Å². The van der Waals surface area contributed by atoms with Gasteiger partial charge in [-0.25, -0.2) is 0 Å². The van der Waals surface area contributed by atoms with E-state index in [9.17, 15) is 4.79 Å². The van der Waals surface area contributed by atoms with Gasteiger partial charge in [0.05, 0.1) is 12.2 Å². The maximum atomic E-state index is 10.9. The Morgan fingerprint density at radius 2 is 1.35 bits per heavy atom. The fourth-order valence-corrected chi connectivity index (χ4v) is 2.99. The summed E-state index contributed by atoms with van der Waals surface area (Å²) in [6.45, 7) is 1.49. The minimum atomic E-state index is -0.151. The highest BCUT2D eigenvalue weighted by atomic mass is 16.5. The summed E-state index contributed by atoms with van der Waals surface area (Å²) in [5.74, 6) is -0.151. The van der Waals surface area contributed by atoms with Crippen molar-refractivity contribution in [1.29, 1.82) is 0 Å². The monoisotopic (exact) mass is 240 g/mol. The van der Waals surface area contributed by atoms with Crippen LogP contribution in [0, 0.1) is 0 Å². The molecule has 0 amide bonds. The Labute approximate surface area is 104 Å². The molecule has 2 rings (SSSR count). The molecule has 0 heterocycles. The minimum Gasteiger partial charge on any atom is -0.463 e. The second-order valence-electron chi connectivity index (χ2n) is 5.40. The fourth-order valence-electron chi connectivity index (χ4n) is 2.99. The van der Waals surface area contributed by atoms with Crippen LogP contribution in [0.4, 0.5) is 0 Å². The van der Waals surface area contributed by atoms with Crippen LogP contribution in [-0.2, 0) is 14.3 Å². The third-order valence-electron chi connectivity index (χ3n) is 3.89. The highest BCUT2D eigenvalue weighted by molar-refractivity contribution is 5.66. The molecule has 0 aromatic heterocycles. The van der Waals surface area contributed by atoms with E-state index in [1.807, 2.05) is 0 Å². The Kier molecular flexibility index (Phi) is 4.84. The average molecular weight is 240 g/mol. The molecule has 0 atom stereocenters. The van der Waals surface area contributed by atoms with Gasteiger partial charge in [0.15, 0.2) is 0 Å². The van der Waals surface area contributed by atoms with E-state index in [0.717, 1.165) is 25.7 Å². The highest BCUT2D eigenvalue weighted by Crippen LogP contribution is 2.28. The predicted octanol–water partition coefficient (Wildman–Crippen LogP) is 3.21. The fraction of sp³-hybridized carbons (Fsp3) is 0.929. The third kappa shape index (κ3) is 4.30. The lowest BCUT2D eigenvalue weighted by Gasteiger charge is -2.32. The Morgan fingerprint density at radius 1 is 0.824 bits per heavy atom. The third-order valence-corrected chi connectivity index (χ3v) is 3.89. The topological polar surface area (TPSA) is 35.5 Å². The van der Waals surface area contributed by atoms with Crippen molar-refractivity contribution in [3.8, 4) is 0 Å². The van der Waals surface area contributed by atoms with Gasteiger partial charge < -0.3 is 9.47 Å². The summed E-state index contributed by atoms with van der Waals surface area (Å²) in [6, 6.07) is 0. The predicted molar refractivity (Wildman–Crippen MR) is 65.8 cm³/mol. The summed E-state index contributed by atoms with van der Waals surface area (Å²) in [6.07, 6.45) is 11.6. The van der Waals surface area contributed by atoms with E-state index in [0.29, 0.717) is 12.2 Å². The molecule has 0 radical (unpaired) electrons. The summed E-state index contributed by atoms with van der Waals surface area (Å²) in [5, 5.41) is 0. The molecule has 98 valence electrons. The van der Waals surface area contributed by atoms with Crippen LogP contribution in [0.25, 0.3) is 0 Å². The van der Waals surface area contributed by atoms with Crippen molar-refractivity contribution >= 4 is 5.97 Å². The van der Waals surface area contributed by atoms with Gasteiger partial charge in [0, 0.05) is 6.92 Å². The quantitative estimate of drug-likeness (QED) is 0.711. The van der Waals surface area contributed by atoms with Crippen LogP contribution >= 0.6 is 0 Å². The summed E-state index contributed by atoms with van der Waals surface area (Å²) in [7, 11) is 0. The van der Waals surface area contributed by atoms with Gasteiger partial charge in [0.1, 0.15) is 6.10 Å². The van der Waals surface area contributed by atoms with Gasteiger partial charge >= 0.3 is 5.97 Å². The zero-order valence-corrected chi connectivity index (χ0v) is 10.8. The molecule has 0 aromatic rings. The molecule has 0 bridgehead atoms. The van der Waals surface area contributed by atoms with Gasteiger partial charge in [-0.15, -0.1) is 0 Å². The van der Waals surface area contributed by atoms with Crippen molar-refractivity contribution in [2.45, 2.75) is 83.0 Å². The van der Waals surface area contributed by atoms with Crippen LogP contribution < -0.4 is 0 Å². The summed E-state index contributed by atoms with van der Waals surface area (Å²) in [4.78, 5) is 10.9. The normalized spacial score (nSPS) is 31.1. The molecule has 2 fully saturated rings. The average Bonchev–Trinajstić information content (AvgIpc) is 2.32. The first-order valence-corrected chi connectivity index (χ1v) is 7.06. The van der Waals surface area contributed by atoms with Gasteiger partial charge in [-0.1, -0.05) is 19.3 Å². The second-order valence-corrected chi connectivity index (χ2v) is 5.40. The standard InChI is InChI=1S/C14H24O3/c1-11(15)16-13-7-9-14(10-8-13)17-12-5-3-2-4-6-12/h12-14H,2-10H2,1H3. The van der Waals surface area contributed by atoms with E-state index in [2.05, 4.69) is 0 Å². The van der Waals surface area contributed by atoms with E-state index in [1.54, 1.807) is 0 Å². The molecule has 0 spiro atoms. The minimum absolute atomic E-state index is 0.138. The van der Waals surface area contributed by atoms with Gasteiger partial charge in [0.25, 0.3) is 0 Å². The molecular weight excluding hydrogens is 216 g/mol. The lowest BCUT2D eigenvalue weighted by atomic mass is 9.93. The zero-order chi connectivity index (χ0) is 12.1. The number of ether oxygens (including phenoxy) is 2. The first-order chi connectivity index (χ1) is 8.24. The lowest BCUT2D eigenvalue weighted by molar-refractivity contribution is -0.150. The number of carbonyl (C=O) groups excluding carboxylic acids is 1. The lowest BCUT2D eigenvalue weighted by Crippen LogP contribution is -2.31. The number of hydrogen-bond donors (Lipinski definition) is 0. The van der Waals surface area contributed by atoms with E-state index >= 15 is 0 Å². The van der Waals surface area contributed by atoms with Crippen LogP contribution in [0.15, 0.2) is 0 Å². The molecule has 0 saturated heterocycles. The zero-order valence-electron chi connectivity index (χ0n) is 10.8. The first kappa shape index (κ1) is 12.9. The van der Waals surface area contributed by atoms with E-state index in [1.165, 1.54) is 39.0 Å². The van der Waals surface area contributed by atoms with Crippen molar-refractivity contribution in [1.82, 2.24) is 0 Å². The van der Waals surface area contributed by atoms with Crippen molar-refractivity contribution in [2.24, 2.45) is 0 Å². The summed E-state index contributed by atoms with van der Waals surface area (Å²) in [5.41, 5.74) is 0. The van der Waals surface area contributed by atoms with Crippen molar-refractivity contribution in [3.63, 3.8) is 0 Å². The van der Waals surface area contributed by atoms with Crippen LogP contribution in [0.3, 0.4) is 0 Å². The van der Waals surface area contributed by atoms with Crippen molar-refractivity contribution in [2.75, 3.05) is 0 Å². The van der Waals surface area contributed by atoms with E-state index < -0.39 is 0 Å². The smallest absolute Gasteiger partial charge is 0.302 e. The van der Waals surface area contributed by atoms with Gasteiger partial charge in [-0.3, -0.25) is 4.79 Å². The van der Waals surface area contributed by atoms with Crippen LogP contribution in [-0.4, -0.2) is 24.3 Å².